The van der Waals surface area contributed by atoms with Gasteiger partial charge in [0.15, 0.2) is 0 Å². The third kappa shape index (κ3) is 6.78. The largest absolute Gasteiger partial charge is 0.508 e. The molecule has 2 amide bonds. The van der Waals surface area contributed by atoms with Crippen molar-refractivity contribution in [1.29, 1.82) is 0 Å². The van der Waals surface area contributed by atoms with E-state index in [0.717, 1.165) is 27.1 Å². The summed E-state index contributed by atoms with van der Waals surface area (Å²) in [6.45, 7) is 8.42. The molecule has 3 aromatic carbocycles. The van der Waals surface area contributed by atoms with E-state index >= 15 is 0 Å². The zero-order valence-electron chi connectivity index (χ0n) is 28.0. The lowest BCUT2D eigenvalue weighted by molar-refractivity contribution is -0.138. The van der Waals surface area contributed by atoms with Gasteiger partial charge in [0, 0.05) is 13.0 Å². The van der Waals surface area contributed by atoms with Crippen molar-refractivity contribution in [3.63, 3.8) is 0 Å². The number of hydrogen-bond acceptors (Lipinski definition) is 6. The first-order valence-electron chi connectivity index (χ1n) is 16.4. The molecule has 0 saturated carbocycles. The third-order valence-electron chi connectivity index (χ3n) is 9.96. The predicted octanol–water partition coefficient (Wildman–Crippen LogP) is 5.05. The number of phenols is 1. The molecular formula is C39H47NO6Si. The van der Waals surface area contributed by atoms with E-state index < -0.39 is 32.2 Å². The summed E-state index contributed by atoms with van der Waals surface area (Å²) < 4.78 is 7.28. The Hall–Kier alpha value is -3.82. The molecule has 1 heterocycles. The van der Waals surface area contributed by atoms with Gasteiger partial charge in [0.1, 0.15) is 5.75 Å². The Morgan fingerprint density at radius 1 is 0.957 bits per heavy atom. The summed E-state index contributed by atoms with van der Waals surface area (Å²) in [4.78, 5) is 27.9. The monoisotopic (exact) mass is 653 g/mol. The number of fused-ring (bicyclic) bond motifs is 1. The number of likely N-dealkylation sites (tertiary alicyclic amines) is 1. The van der Waals surface area contributed by atoms with Crippen LogP contribution in [0.2, 0.25) is 5.04 Å². The Morgan fingerprint density at radius 3 is 2.06 bits per heavy atom. The lowest BCUT2D eigenvalue weighted by Crippen LogP contribution is -2.66. The van der Waals surface area contributed by atoms with Gasteiger partial charge in [-0.3, -0.25) is 14.5 Å². The predicted molar refractivity (Wildman–Crippen MR) is 188 cm³/mol. The summed E-state index contributed by atoms with van der Waals surface area (Å²) in [6, 6.07) is 27.6. The number of hydrogen-bond donors (Lipinski definition) is 3. The number of amides is 2. The number of aromatic hydroxyl groups is 1. The molecule has 47 heavy (non-hydrogen) atoms. The van der Waals surface area contributed by atoms with Gasteiger partial charge in [-0.1, -0.05) is 105 Å². The first kappa shape index (κ1) is 34.5. The lowest BCUT2D eigenvalue weighted by atomic mass is 9.68. The molecule has 5 rings (SSSR count). The summed E-state index contributed by atoms with van der Waals surface area (Å²) in [6.07, 6.45) is 2.32. The summed E-state index contributed by atoms with van der Waals surface area (Å²) >= 11 is 0. The number of benzene rings is 3. The van der Waals surface area contributed by atoms with Crippen molar-refractivity contribution in [2.24, 2.45) is 17.8 Å². The molecule has 4 atom stereocenters. The fourth-order valence-electron chi connectivity index (χ4n) is 7.65. The number of aliphatic hydroxyl groups is 2. The molecule has 0 aromatic heterocycles. The second kappa shape index (κ2) is 14.1. The highest BCUT2D eigenvalue weighted by atomic mass is 28.4. The molecule has 0 bridgehead atoms. The fraction of sp³-hybridized carbons (Fsp3) is 0.385. The highest BCUT2D eigenvalue weighted by Crippen LogP contribution is 2.47. The molecular weight excluding hydrogens is 607 g/mol. The molecule has 1 aliphatic carbocycles. The molecule has 3 N–H and O–H groups in total. The topological polar surface area (TPSA) is 107 Å². The van der Waals surface area contributed by atoms with Crippen molar-refractivity contribution in [2.45, 2.75) is 58.1 Å². The maximum Gasteiger partial charge on any atom is 0.261 e. The summed E-state index contributed by atoms with van der Waals surface area (Å²) in [5.74, 6) is -2.36. The van der Waals surface area contributed by atoms with Crippen molar-refractivity contribution in [2.75, 3.05) is 20.3 Å². The van der Waals surface area contributed by atoms with Crippen LogP contribution in [0.3, 0.4) is 0 Å². The van der Waals surface area contributed by atoms with Crippen LogP contribution in [-0.4, -0.2) is 66.7 Å². The average molecular weight is 654 g/mol. The minimum Gasteiger partial charge on any atom is -0.508 e. The van der Waals surface area contributed by atoms with Gasteiger partial charge in [0.25, 0.3) is 8.32 Å². The molecule has 1 aliphatic heterocycles. The number of rotatable bonds is 11. The van der Waals surface area contributed by atoms with Gasteiger partial charge < -0.3 is 19.7 Å². The summed E-state index contributed by atoms with van der Waals surface area (Å²) in [7, 11) is -1.46. The molecule has 0 radical (unpaired) electrons. The van der Waals surface area contributed by atoms with E-state index in [4.69, 9.17) is 4.43 Å². The number of carbonyl (C=O) groups is 2. The fourth-order valence-corrected chi connectivity index (χ4v) is 12.2. The molecule has 1 saturated heterocycles. The molecule has 7 nitrogen and oxygen atoms in total. The van der Waals surface area contributed by atoms with Gasteiger partial charge in [-0.25, -0.2) is 0 Å². The van der Waals surface area contributed by atoms with E-state index in [0.29, 0.717) is 24.8 Å². The van der Waals surface area contributed by atoms with Crippen molar-refractivity contribution in [3.05, 3.63) is 107 Å². The zero-order valence-corrected chi connectivity index (χ0v) is 29.0. The van der Waals surface area contributed by atoms with Crippen molar-refractivity contribution >= 4 is 36.6 Å². The van der Waals surface area contributed by atoms with Crippen molar-refractivity contribution in [1.82, 2.24) is 4.90 Å². The van der Waals surface area contributed by atoms with E-state index in [-0.39, 0.29) is 35.8 Å². The van der Waals surface area contributed by atoms with Gasteiger partial charge in [-0.05, 0) is 70.4 Å². The Balaban J connectivity index is 1.55. The number of imide groups is 1. The number of phenolic OH excluding ortho intramolecular Hbond substituents is 1. The highest BCUT2D eigenvalue weighted by molar-refractivity contribution is 6.99. The van der Waals surface area contributed by atoms with E-state index in [1.54, 1.807) is 12.1 Å². The number of allylic oxidation sites excluding steroid dienone is 1. The van der Waals surface area contributed by atoms with Gasteiger partial charge in [-0.2, -0.15) is 0 Å². The van der Waals surface area contributed by atoms with Crippen LogP contribution in [0.15, 0.2) is 102 Å². The Kier molecular flexibility index (Phi) is 10.4. The second-order valence-electron chi connectivity index (χ2n) is 14.0. The Morgan fingerprint density at radius 2 is 1.53 bits per heavy atom. The summed E-state index contributed by atoms with van der Waals surface area (Å²) in [5.41, 5.74) is 3.41. The van der Waals surface area contributed by atoms with Crippen LogP contribution < -0.4 is 10.4 Å². The summed E-state index contributed by atoms with van der Waals surface area (Å²) in [5, 5.41) is 34.3. The van der Waals surface area contributed by atoms with Gasteiger partial charge in [0.2, 0.25) is 11.8 Å². The SMILES string of the molecule is C/C(=C\c1ccc(O)cc1)CC[C@@H](O)C1=C(CO[Si](c2ccccc2)(c2ccccc2)C(C)(C)C)C[C@H]2C(=O)N(C)C(=O)[C@H]2[C@H]1CO. The van der Waals surface area contributed by atoms with Gasteiger partial charge >= 0.3 is 0 Å². The van der Waals surface area contributed by atoms with Crippen LogP contribution in [0, 0.1) is 17.8 Å². The quantitative estimate of drug-likeness (QED) is 0.152. The van der Waals surface area contributed by atoms with Gasteiger partial charge in [-0.15, -0.1) is 0 Å². The standard InChI is InChI=1S/C39H47NO6Si/c1-26(22-27-17-19-29(42)20-18-27)16-21-34(43)35-28(23-32-36(33(35)24-41)38(45)40(5)37(32)44)25-46-47(39(2,3)4,30-12-8-6-9-13-30)31-14-10-7-11-15-31/h6-15,17-20,22,32-34,36,41-43H,16,21,23-25H2,1-5H3/b26-22+/t32-,33+,34-,36-/m1/s1. The molecule has 0 unspecified atom stereocenters. The first-order chi connectivity index (χ1) is 22.4. The minimum absolute atomic E-state index is 0.174. The molecule has 2 aliphatic rings. The Labute approximate surface area is 279 Å². The smallest absolute Gasteiger partial charge is 0.261 e. The normalized spacial score (nSPS) is 21.3. The van der Waals surface area contributed by atoms with Crippen molar-refractivity contribution in [3.8, 4) is 5.75 Å². The maximum atomic E-state index is 13.3. The average Bonchev–Trinajstić information content (AvgIpc) is 3.27. The molecule has 0 spiro atoms. The maximum absolute atomic E-state index is 13.3. The highest BCUT2D eigenvalue weighted by Gasteiger charge is 2.55. The van der Waals surface area contributed by atoms with E-state index in [1.165, 1.54) is 11.9 Å². The second-order valence-corrected chi connectivity index (χ2v) is 18.3. The van der Waals surface area contributed by atoms with Crippen LogP contribution in [0.25, 0.3) is 6.08 Å². The van der Waals surface area contributed by atoms with Crippen LogP contribution >= 0.6 is 0 Å². The van der Waals surface area contributed by atoms with Crippen LogP contribution in [0.5, 0.6) is 5.75 Å². The van der Waals surface area contributed by atoms with E-state index in [2.05, 4.69) is 45.0 Å². The number of carbonyl (C=O) groups excluding carboxylic acids is 2. The molecule has 1 fully saturated rings. The minimum atomic E-state index is -2.96. The molecule has 3 aromatic rings. The van der Waals surface area contributed by atoms with E-state index in [9.17, 15) is 24.9 Å². The molecule has 248 valence electrons. The molecule has 8 heteroatoms. The number of nitrogens with zero attached hydrogens (tertiary/aromatic N) is 1. The van der Waals surface area contributed by atoms with Crippen LogP contribution in [0.1, 0.15) is 52.5 Å². The lowest BCUT2D eigenvalue weighted by Gasteiger charge is -2.44. The number of aliphatic hydroxyl groups excluding tert-OH is 2. The van der Waals surface area contributed by atoms with Crippen LogP contribution in [0.4, 0.5) is 0 Å². The Bertz CT molecular complexity index is 1590. The van der Waals surface area contributed by atoms with Crippen LogP contribution in [-0.2, 0) is 14.0 Å². The first-order valence-corrected chi connectivity index (χ1v) is 18.3. The van der Waals surface area contributed by atoms with Crippen molar-refractivity contribution < 1.29 is 29.3 Å². The van der Waals surface area contributed by atoms with Gasteiger partial charge in [0.05, 0.1) is 31.2 Å². The van der Waals surface area contributed by atoms with E-state index in [1.807, 2.05) is 61.5 Å². The zero-order chi connectivity index (χ0) is 33.9. The third-order valence-corrected chi connectivity index (χ3v) is 14.9.